The molecule has 0 radical (unpaired) electrons. The van der Waals surface area contributed by atoms with E-state index in [1.807, 2.05) is 11.8 Å². The molecule has 112 valence electrons. The lowest BCUT2D eigenvalue weighted by Crippen LogP contribution is -2.35. The standard InChI is InChI=1S/C17H22N2S2/c1-4-18-16-14-8-6-5-7-13(14)11(2)9-15(16)21-17-19-12(3)10-20-17/h5-8,10-11,15-16,18H,4,9H2,1-3H3. The molecule has 0 bridgehead atoms. The van der Waals surface area contributed by atoms with Crippen molar-refractivity contribution in [2.45, 2.75) is 48.7 Å². The van der Waals surface area contributed by atoms with Crippen LogP contribution in [0.3, 0.4) is 0 Å². The van der Waals surface area contributed by atoms with Gasteiger partial charge < -0.3 is 5.32 Å². The fourth-order valence-corrected chi connectivity index (χ4v) is 5.63. The second kappa shape index (κ2) is 6.51. The summed E-state index contributed by atoms with van der Waals surface area (Å²) >= 11 is 3.72. The molecular formula is C17H22N2S2. The maximum Gasteiger partial charge on any atom is 0.150 e. The normalized spacial score (nSPS) is 24.8. The number of aryl methyl sites for hydroxylation is 1. The molecule has 1 aliphatic carbocycles. The van der Waals surface area contributed by atoms with E-state index in [0.717, 1.165) is 12.2 Å². The van der Waals surface area contributed by atoms with Crippen molar-refractivity contribution in [1.82, 2.24) is 10.3 Å². The summed E-state index contributed by atoms with van der Waals surface area (Å²) in [5.41, 5.74) is 4.12. The zero-order valence-corrected chi connectivity index (χ0v) is 14.4. The zero-order chi connectivity index (χ0) is 14.8. The van der Waals surface area contributed by atoms with Crippen LogP contribution in [0.25, 0.3) is 0 Å². The SMILES string of the molecule is CCNC1c2ccccc2C(C)CC1Sc1nc(C)cs1. The summed E-state index contributed by atoms with van der Waals surface area (Å²) in [6, 6.07) is 9.33. The monoisotopic (exact) mass is 318 g/mol. The van der Waals surface area contributed by atoms with Crippen LogP contribution in [0.4, 0.5) is 0 Å². The van der Waals surface area contributed by atoms with Crippen LogP contribution < -0.4 is 5.32 Å². The highest BCUT2D eigenvalue weighted by atomic mass is 32.2. The van der Waals surface area contributed by atoms with Crippen LogP contribution in [0.15, 0.2) is 34.0 Å². The molecule has 3 unspecified atom stereocenters. The highest BCUT2D eigenvalue weighted by molar-refractivity contribution is 8.01. The maximum absolute atomic E-state index is 4.63. The van der Waals surface area contributed by atoms with Gasteiger partial charge in [-0.2, -0.15) is 0 Å². The Labute approximate surface area is 135 Å². The number of hydrogen-bond donors (Lipinski definition) is 1. The van der Waals surface area contributed by atoms with E-state index in [-0.39, 0.29) is 0 Å². The number of thiazole rings is 1. The number of hydrogen-bond acceptors (Lipinski definition) is 4. The van der Waals surface area contributed by atoms with Crippen LogP contribution in [0.5, 0.6) is 0 Å². The average Bonchev–Trinajstić information content (AvgIpc) is 2.88. The molecule has 1 aliphatic rings. The zero-order valence-electron chi connectivity index (χ0n) is 12.8. The second-order valence-electron chi connectivity index (χ2n) is 5.71. The molecule has 3 atom stereocenters. The molecule has 1 aromatic carbocycles. The molecule has 0 amide bonds. The van der Waals surface area contributed by atoms with Crippen molar-refractivity contribution >= 4 is 23.1 Å². The Kier molecular flexibility index (Phi) is 4.67. The number of rotatable bonds is 4. The van der Waals surface area contributed by atoms with E-state index in [1.54, 1.807) is 11.3 Å². The van der Waals surface area contributed by atoms with Gasteiger partial charge in [0.1, 0.15) is 4.34 Å². The Hall–Kier alpha value is -0.840. The van der Waals surface area contributed by atoms with Gasteiger partial charge >= 0.3 is 0 Å². The van der Waals surface area contributed by atoms with E-state index in [0.29, 0.717) is 17.2 Å². The Bertz CT molecular complexity index is 608. The van der Waals surface area contributed by atoms with Gasteiger partial charge in [0, 0.05) is 22.4 Å². The van der Waals surface area contributed by atoms with Crippen LogP contribution in [0.2, 0.25) is 0 Å². The molecule has 0 fully saturated rings. The van der Waals surface area contributed by atoms with Crippen LogP contribution in [0, 0.1) is 6.92 Å². The van der Waals surface area contributed by atoms with Crippen LogP contribution in [0.1, 0.15) is 49.0 Å². The summed E-state index contributed by atoms with van der Waals surface area (Å²) in [5, 5.41) is 6.39. The van der Waals surface area contributed by atoms with Crippen LogP contribution in [-0.4, -0.2) is 16.8 Å². The van der Waals surface area contributed by atoms with Gasteiger partial charge in [0.05, 0.1) is 0 Å². The number of nitrogens with one attached hydrogen (secondary N) is 1. The summed E-state index contributed by atoms with van der Waals surface area (Å²) in [7, 11) is 0. The smallest absolute Gasteiger partial charge is 0.150 e. The third-order valence-electron chi connectivity index (χ3n) is 4.09. The van der Waals surface area contributed by atoms with E-state index in [2.05, 4.69) is 60.7 Å². The van der Waals surface area contributed by atoms with E-state index in [1.165, 1.54) is 21.9 Å². The number of benzene rings is 1. The Morgan fingerprint density at radius 1 is 1.33 bits per heavy atom. The molecule has 0 aliphatic heterocycles. The minimum Gasteiger partial charge on any atom is -0.309 e. The average molecular weight is 319 g/mol. The van der Waals surface area contributed by atoms with E-state index >= 15 is 0 Å². The largest absolute Gasteiger partial charge is 0.309 e. The first-order valence-corrected chi connectivity index (χ1v) is 9.36. The van der Waals surface area contributed by atoms with Gasteiger partial charge in [0.15, 0.2) is 0 Å². The van der Waals surface area contributed by atoms with E-state index in [4.69, 9.17) is 0 Å². The summed E-state index contributed by atoms with van der Waals surface area (Å²) in [6.45, 7) is 7.61. The molecule has 4 heteroatoms. The van der Waals surface area contributed by atoms with E-state index in [9.17, 15) is 0 Å². The molecule has 0 spiro atoms. The molecule has 1 heterocycles. The molecule has 1 aromatic heterocycles. The first kappa shape index (κ1) is 15.1. The van der Waals surface area contributed by atoms with Crippen molar-refractivity contribution in [3.63, 3.8) is 0 Å². The molecule has 3 rings (SSSR count). The van der Waals surface area contributed by atoms with Gasteiger partial charge in [-0.05, 0) is 36.9 Å². The molecule has 0 saturated carbocycles. The van der Waals surface area contributed by atoms with Crippen molar-refractivity contribution < 1.29 is 0 Å². The Morgan fingerprint density at radius 3 is 2.76 bits per heavy atom. The topological polar surface area (TPSA) is 24.9 Å². The van der Waals surface area contributed by atoms with Crippen LogP contribution in [-0.2, 0) is 0 Å². The number of fused-ring (bicyclic) bond motifs is 1. The number of nitrogens with zero attached hydrogens (tertiary/aromatic N) is 1. The third kappa shape index (κ3) is 3.17. The first-order chi connectivity index (χ1) is 10.2. The summed E-state index contributed by atoms with van der Waals surface area (Å²) in [6.07, 6.45) is 1.21. The first-order valence-electron chi connectivity index (χ1n) is 7.60. The van der Waals surface area contributed by atoms with Crippen molar-refractivity contribution in [1.29, 1.82) is 0 Å². The summed E-state index contributed by atoms with van der Waals surface area (Å²) in [4.78, 5) is 4.63. The van der Waals surface area contributed by atoms with Crippen LogP contribution >= 0.6 is 23.1 Å². The Morgan fingerprint density at radius 2 is 2.10 bits per heavy atom. The minimum atomic E-state index is 0.427. The molecule has 2 nitrogen and oxygen atoms in total. The lowest BCUT2D eigenvalue weighted by atomic mass is 9.80. The lowest BCUT2D eigenvalue weighted by molar-refractivity contribution is 0.453. The number of thioether (sulfide) groups is 1. The predicted molar refractivity (Wildman–Crippen MR) is 92.4 cm³/mol. The van der Waals surface area contributed by atoms with Gasteiger partial charge in [-0.25, -0.2) is 4.98 Å². The predicted octanol–water partition coefficient (Wildman–Crippen LogP) is 4.77. The third-order valence-corrected chi connectivity index (χ3v) is 6.48. The highest BCUT2D eigenvalue weighted by Crippen LogP contribution is 2.45. The molecule has 0 saturated heterocycles. The number of aromatic nitrogens is 1. The Balaban J connectivity index is 1.89. The van der Waals surface area contributed by atoms with Gasteiger partial charge in [-0.3, -0.25) is 0 Å². The van der Waals surface area contributed by atoms with Crippen molar-refractivity contribution in [3.05, 3.63) is 46.5 Å². The molecular weight excluding hydrogens is 296 g/mol. The highest BCUT2D eigenvalue weighted by Gasteiger charge is 2.33. The minimum absolute atomic E-state index is 0.427. The van der Waals surface area contributed by atoms with Crippen molar-refractivity contribution in [2.24, 2.45) is 0 Å². The molecule has 1 N–H and O–H groups in total. The second-order valence-corrected chi connectivity index (χ2v) is 8.06. The lowest BCUT2D eigenvalue weighted by Gasteiger charge is -2.36. The van der Waals surface area contributed by atoms with Crippen molar-refractivity contribution in [2.75, 3.05) is 6.54 Å². The fraction of sp³-hybridized carbons (Fsp3) is 0.471. The maximum atomic E-state index is 4.63. The quantitative estimate of drug-likeness (QED) is 0.879. The van der Waals surface area contributed by atoms with Crippen molar-refractivity contribution in [3.8, 4) is 0 Å². The molecule has 21 heavy (non-hydrogen) atoms. The van der Waals surface area contributed by atoms with Gasteiger partial charge in [0.2, 0.25) is 0 Å². The van der Waals surface area contributed by atoms with E-state index < -0.39 is 0 Å². The summed E-state index contributed by atoms with van der Waals surface area (Å²) in [5.74, 6) is 0.620. The summed E-state index contributed by atoms with van der Waals surface area (Å²) < 4.78 is 1.20. The molecule has 2 aromatic rings. The fourth-order valence-electron chi connectivity index (χ4n) is 3.15. The van der Waals surface area contributed by atoms with Gasteiger partial charge in [-0.1, -0.05) is 49.9 Å². The van der Waals surface area contributed by atoms with Gasteiger partial charge in [-0.15, -0.1) is 11.3 Å². The van der Waals surface area contributed by atoms with Gasteiger partial charge in [0.25, 0.3) is 0 Å².